The molecule has 0 radical (unpaired) electrons. The van der Waals surface area contributed by atoms with E-state index in [4.69, 9.17) is 4.74 Å². The van der Waals surface area contributed by atoms with Crippen LogP contribution in [0.3, 0.4) is 0 Å². The van der Waals surface area contributed by atoms with Crippen molar-refractivity contribution in [2.45, 2.75) is 77.1 Å². The first kappa shape index (κ1) is 29.2. The smallest absolute Gasteiger partial charge is 0.317 e. The van der Waals surface area contributed by atoms with Gasteiger partial charge in [-0.15, -0.1) is 5.10 Å². The van der Waals surface area contributed by atoms with Gasteiger partial charge in [0.1, 0.15) is 24.7 Å². The average Bonchev–Trinajstić information content (AvgIpc) is 3.45. The van der Waals surface area contributed by atoms with Gasteiger partial charge in [0.25, 0.3) is 0 Å². The molecule has 13 heteroatoms. The topological polar surface area (TPSA) is 155 Å². The van der Waals surface area contributed by atoms with Crippen molar-refractivity contribution in [1.82, 2.24) is 35.3 Å². The van der Waals surface area contributed by atoms with Gasteiger partial charge < -0.3 is 30.3 Å². The summed E-state index contributed by atoms with van der Waals surface area (Å²) in [6.07, 6.45) is 6.42. The van der Waals surface area contributed by atoms with E-state index in [1.807, 2.05) is 6.92 Å². The van der Waals surface area contributed by atoms with Gasteiger partial charge in [-0.25, -0.2) is 9.48 Å². The van der Waals surface area contributed by atoms with Gasteiger partial charge in [0.2, 0.25) is 11.8 Å². The highest BCUT2D eigenvalue weighted by Gasteiger charge is 2.32. The molecule has 1 aliphatic carbocycles. The van der Waals surface area contributed by atoms with Gasteiger partial charge in [-0.2, -0.15) is 0 Å². The number of tetrazole rings is 1. The van der Waals surface area contributed by atoms with Crippen LogP contribution in [0.15, 0.2) is 24.5 Å². The first-order chi connectivity index (χ1) is 19.2. The van der Waals surface area contributed by atoms with E-state index in [9.17, 15) is 19.5 Å². The molecule has 3 atom stereocenters. The highest BCUT2D eigenvalue weighted by atomic mass is 16.5. The number of hydrogen-bond acceptors (Lipinski definition) is 8. The molecule has 1 fully saturated rings. The molecular weight excluding hydrogens is 516 g/mol. The summed E-state index contributed by atoms with van der Waals surface area (Å²) in [6, 6.07) is 4.84. The van der Waals surface area contributed by atoms with Crippen molar-refractivity contribution < 1.29 is 24.2 Å². The van der Waals surface area contributed by atoms with Crippen LogP contribution in [0.4, 0.5) is 10.5 Å². The lowest BCUT2D eigenvalue weighted by Gasteiger charge is -2.34. The van der Waals surface area contributed by atoms with Crippen molar-refractivity contribution in [3.05, 3.63) is 30.1 Å². The van der Waals surface area contributed by atoms with Crippen molar-refractivity contribution in [2.75, 3.05) is 32.1 Å². The molecule has 13 nitrogen and oxygen atoms in total. The van der Waals surface area contributed by atoms with Gasteiger partial charge in [0.05, 0.1) is 25.6 Å². The number of amides is 4. The summed E-state index contributed by atoms with van der Waals surface area (Å²) < 4.78 is 7.80. The van der Waals surface area contributed by atoms with E-state index in [0.29, 0.717) is 30.1 Å². The fraction of sp³-hybridized carbons (Fsp3) is 0.630. The number of aliphatic hydroxyl groups excluding tert-OH is 1. The first-order valence-corrected chi connectivity index (χ1v) is 14.0. The minimum atomic E-state index is -0.416. The molecule has 0 unspecified atom stereocenters. The number of carbonyl (C=O) groups is 3. The fourth-order valence-corrected chi connectivity index (χ4v) is 5.21. The van der Waals surface area contributed by atoms with Crippen molar-refractivity contribution in [2.24, 2.45) is 5.92 Å². The van der Waals surface area contributed by atoms with E-state index < -0.39 is 6.10 Å². The molecule has 2 aliphatic rings. The average molecular weight is 557 g/mol. The molecule has 0 saturated heterocycles. The molecule has 1 saturated carbocycles. The van der Waals surface area contributed by atoms with E-state index >= 15 is 0 Å². The number of ether oxygens (including phenoxy) is 1. The monoisotopic (exact) mass is 556 g/mol. The maximum Gasteiger partial charge on any atom is 0.317 e. The molecule has 218 valence electrons. The third kappa shape index (κ3) is 7.68. The summed E-state index contributed by atoms with van der Waals surface area (Å²) in [7, 11) is 1.75. The summed E-state index contributed by atoms with van der Waals surface area (Å²) in [5.74, 6) is -0.0950. The van der Waals surface area contributed by atoms with E-state index in [2.05, 4.69) is 26.2 Å². The number of nitrogens with zero attached hydrogens (tertiary/aromatic N) is 6. The van der Waals surface area contributed by atoms with Gasteiger partial charge in [0, 0.05) is 36.8 Å². The minimum absolute atomic E-state index is 0.0355. The van der Waals surface area contributed by atoms with Crippen LogP contribution >= 0.6 is 0 Å². The standard InChI is InChI=1S/C27H40N8O5/c1-18-13-35(19(2)16-36)26(38)12-20-11-22(29-25(37)15-34-17-28-31-32-34)9-10-23(20)40-24(18)14-33(3)27(39)30-21-7-5-4-6-8-21/h9-11,17-19,21,24,36H,4-8,12-16H2,1-3H3,(H,29,37)(H,30,39)/t18-,19-,24+/m0/s1. The van der Waals surface area contributed by atoms with Crippen LogP contribution in [0.25, 0.3) is 0 Å². The molecule has 1 aromatic heterocycles. The first-order valence-electron chi connectivity index (χ1n) is 14.0. The van der Waals surface area contributed by atoms with Gasteiger partial charge in [-0.05, 0) is 48.4 Å². The number of anilines is 1. The van der Waals surface area contributed by atoms with Crippen molar-refractivity contribution in [1.29, 1.82) is 0 Å². The quantitative estimate of drug-likeness (QED) is 0.441. The number of fused-ring (bicyclic) bond motifs is 1. The Morgan fingerprint density at radius 1 is 1.25 bits per heavy atom. The van der Waals surface area contributed by atoms with E-state index in [1.165, 1.54) is 17.4 Å². The molecule has 2 aromatic rings. The van der Waals surface area contributed by atoms with E-state index in [1.54, 1.807) is 42.0 Å². The Morgan fingerprint density at radius 3 is 2.73 bits per heavy atom. The molecule has 3 N–H and O–H groups in total. The summed E-state index contributed by atoms with van der Waals surface area (Å²) in [5, 5.41) is 26.6. The van der Waals surface area contributed by atoms with Gasteiger partial charge >= 0.3 is 6.03 Å². The lowest BCUT2D eigenvalue weighted by atomic mass is 9.96. The second-order valence-electron chi connectivity index (χ2n) is 10.9. The lowest BCUT2D eigenvalue weighted by molar-refractivity contribution is -0.134. The van der Waals surface area contributed by atoms with Gasteiger partial charge in [0.15, 0.2) is 0 Å². The number of carbonyl (C=O) groups excluding carboxylic acids is 3. The highest BCUT2D eigenvalue weighted by Crippen LogP contribution is 2.29. The normalized spacial score (nSPS) is 20.8. The Morgan fingerprint density at radius 2 is 2.02 bits per heavy atom. The van der Waals surface area contributed by atoms with E-state index in [0.717, 1.165) is 25.7 Å². The zero-order valence-corrected chi connectivity index (χ0v) is 23.5. The van der Waals surface area contributed by atoms with Crippen LogP contribution in [0, 0.1) is 5.92 Å². The number of aliphatic hydroxyl groups is 1. The maximum atomic E-state index is 13.4. The molecule has 4 rings (SSSR count). The van der Waals surface area contributed by atoms with Crippen LogP contribution in [-0.4, -0.2) is 97.9 Å². The predicted octanol–water partition coefficient (Wildman–Crippen LogP) is 1.43. The Kier molecular flexibility index (Phi) is 9.91. The van der Waals surface area contributed by atoms with Crippen LogP contribution in [-0.2, 0) is 22.6 Å². The van der Waals surface area contributed by atoms with Crippen LogP contribution in [0.5, 0.6) is 5.75 Å². The number of hydrogen-bond donors (Lipinski definition) is 3. The van der Waals surface area contributed by atoms with Crippen LogP contribution in [0.1, 0.15) is 51.5 Å². The minimum Gasteiger partial charge on any atom is -0.488 e. The molecule has 40 heavy (non-hydrogen) atoms. The molecule has 0 bridgehead atoms. The zero-order valence-electron chi connectivity index (χ0n) is 23.5. The second kappa shape index (κ2) is 13.6. The Labute approximate surface area is 234 Å². The molecule has 4 amide bonds. The SMILES string of the molecule is C[C@H]1CN([C@@H](C)CO)C(=O)Cc2cc(NC(=O)Cn3cnnn3)ccc2O[C@@H]1CN(C)C(=O)NC1CCCCC1. The Balaban J connectivity index is 1.53. The Bertz CT molecular complexity index is 1150. The predicted molar refractivity (Wildman–Crippen MR) is 146 cm³/mol. The number of nitrogens with one attached hydrogen (secondary N) is 2. The summed E-state index contributed by atoms with van der Waals surface area (Å²) in [6.45, 7) is 4.25. The second-order valence-corrected chi connectivity index (χ2v) is 10.9. The van der Waals surface area contributed by atoms with Crippen molar-refractivity contribution in [3.8, 4) is 5.75 Å². The molecular formula is C27H40N8O5. The van der Waals surface area contributed by atoms with Crippen LogP contribution < -0.4 is 15.4 Å². The maximum absolute atomic E-state index is 13.4. The highest BCUT2D eigenvalue weighted by molar-refractivity contribution is 5.91. The lowest BCUT2D eigenvalue weighted by Crippen LogP contribution is -2.50. The summed E-state index contributed by atoms with van der Waals surface area (Å²) >= 11 is 0. The molecule has 1 aromatic carbocycles. The summed E-state index contributed by atoms with van der Waals surface area (Å²) in [5.41, 5.74) is 1.11. The zero-order chi connectivity index (χ0) is 28.6. The fourth-order valence-electron chi connectivity index (χ4n) is 5.21. The number of urea groups is 1. The molecule has 2 heterocycles. The number of aromatic nitrogens is 4. The number of likely N-dealkylation sites (N-methyl/N-ethyl adjacent to an activating group) is 1. The number of benzene rings is 1. The van der Waals surface area contributed by atoms with Crippen LogP contribution in [0.2, 0.25) is 0 Å². The van der Waals surface area contributed by atoms with Crippen molar-refractivity contribution in [3.63, 3.8) is 0 Å². The third-order valence-corrected chi connectivity index (χ3v) is 7.63. The Hall–Kier alpha value is -3.74. The van der Waals surface area contributed by atoms with Crippen molar-refractivity contribution >= 4 is 23.5 Å². The molecule has 0 spiro atoms. The largest absolute Gasteiger partial charge is 0.488 e. The third-order valence-electron chi connectivity index (χ3n) is 7.63. The van der Waals surface area contributed by atoms with E-state index in [-0.39, 0.29) is 55.4 Å². The van der Waals surface area contributed by atoms with Gasteiger partial charge in [-0.1, -0.05) is 26.2 Å². The summed E-state index contributed by atoms with van der Waals surface area (Å²) in [4.78, 5) is 42.2. The number of rotatable bonds is 8. The molecule has 1 aliphatic heterocycles. The van der Waals surface area contributed by atoms with Gasteiger partial charge in [-0.3, -0.25) is 9.59 Å².